The summed E-state index contributed by atoms with van der Waals surface area (Å²) >= 11 is 2.91. The van der Waals surface area contributed by atoms with E-state index < -0.39 is 24.3 Å². The van der Waals surface area contributed by atoms with Crippen LogP contribution < -0.4 is 5.32 Å². The second kappa shape index (κ2) is 9.66. The van der Waals surface area contributed by atoms with Crippen molar-refractivity contribution in [1.29, 1.82) is 0 Å². The van der Waals surface area contributed by atoms with Crippen molar-refractivity contribution in [2.24, 2.45) is 0 Å². The lowest BCUT2D eigenvalue weighted by atomic mass is 10.0. The second-order valence-corrected chi connectivity index (χ2v) is 11.0. The van der Waals surface area contributed by atoms with Crippen LogP contribution >= 0.6 is 22.7 Å². The molecule has 2 aromatic heterocycles. The van der Waals surface area contributed by atoms with Gasteiger partial charge in [0, 0.05) is 17.0 Å². The highest BCUT2D eigenvalue weighted by atomic mass is 32.1. The van der Waals surface area contributed by atoms with Gasteiger partial charge in [0.1, 0.15) is 16.6 Å². The van der Waals surface area contributed by atoms with Gasteiger partial charge in [0.05, 0.1) is 34.5 Å². The van der Waals surface area contributed by atoms with E-state index >= 15 is 0 Å². The smallest absolute Gasteiger partial charge is 0.410 e. The fraction of sp³-hybridized carbons (Fsp3) is 0.222. The number of imide groups is 1. The Balaban J connectivity index is 1.32. The van der Waals surface area contributed by atoms with Gasteiger partial charge in [0.2, 0.25) is 5.91 Å². The summed E-state index contributed by atoms with van der Waals surface area (Å²) < 4.78 is 6.21. The van der Waals surface area contributed by atoms with Gasteiger partial charge in [-0.15, -0.1) is 22.7 Å². The van der Waals surface area contributed by atoms with E-state index in [9.17, 15) is 19.2 Å². The quantitative estimate of drug-likeness (QED) is 0.361. The molecule has 11 heteroatoms. The molecule has 0 saturated heterocycles. The number of hydrogen-bond donors (Lipinski definition) is 1. The Morgan fingerprint density at radius 1 is 1.03 bits per heavy atom. The van der Waals surface area contributed by atoms with Crippen molar-refractivity contribution in [1.82, 2.24) is 14.8 Å². The Hall–Kier alpha value is -4.09. The highest BCUT2D eigenvalue weighted by molar-refractivity contribution is 7.23. The molecule has 0 saturated carbocycles. The van der Waals surface area contributed by atoms with Gasteiger partial charge in [-0.2, -0.15) is 0 Å². The first kappa shape index (κ1) is 24.3. The average molecular weight is 547 g/mol. The number of hydrogen-bond acceptors (Lipinski definition) is 8. The number of para-hydroxylation sites is 1. The van der Waals surface area contributed by atoms with Crippen LogP contribution in [0.5, 0.6) is 0 Å². The lowest BCUT2D eigenvalue weighted by molar-refractivity contribution is -0.116. The van der Waals surface area contributed by atoms with E-state index in [1.165, 1.54) is 22.7 Å². The van der Waals surface area contributed by atoms with Gasteiger partial charge in [0.15, 0.2) is 0 Å². The summed E-state index contributed by atoms with van der Waals surface area (Å²) in [7, 11) is 0. The number of nitrogens with zero attached hydrogens (tertiary/aromatic N) is 3. The number of thiazole rings is 1. The number of anilines is 1. The largest absolute Gasteiger partial charge is 0.450 e. The third kappa shape index (κ3) is 4.13. The number of benzene rings is 2. The molecule has 2 aromatic carbocycles. The molecule has 0 fully saturated rings. The Bertz CT molecular complexity index is 1560. The Morgan fingerprint density at radius 3 is 2.45 bits per heavy atom. The van der Waals surface area contributed by atoms with E-state index in [-0.39, 0.29) is 6.09 Å². The minimum absolute atomic E-state index is 0.294. The van der Waals surface area contributed by atoms with Crippen LogP contribution in [0.3, 0.4) is 0 Å². The molecule has 38 heavy (non-hydrogen) atoms. The zero-order chi connectivity index (χ0) is 26.4. The predicted octanol–water partition coefficient (Wildman–Crippen LogP) is 4.77. The van der Waals surface area contributed by atoms with Crippen LogP contribution in [0.25, 0.3) is 20.8 Å². The number of ether oxygens (including phenoxy) is 1. The fourth-order valence-electron chi connectivity index (χ4n) is 4.76. The van der Waals surface area contributed by atoms with Crippen LogP contribution in [0.4, 0.5) is 9.80 Å². The van der Waals surface area contributed by atoms with Crippen LogP contribution in [0, 0.1) is 0 Å². The number of fused-ring (bicyclic) bond motifs is 3. The van der Waals surface area contributed by atoms with E-state index in [2.05, 4.69) is 5.32 Å². The van der Waals surface area contributed by atoms with Crippen molar-refractivity contribution in [2.45, 2.75) is 19.9 Å². The molecule has 2 aliphatic heterocycles. The molecule has 1 N–H and O–H groups in total. The number of nitrogens with one attached hydrogen (secondary N) is 1. The number of carbonyl (C=O) groups excluding carboxylic acids is 4. The summed E-state index contributed by atoms with van der Waals surface area (Å²) in [5.41, 5.74) is 3.31. The molecule has 2 aliphatic rings. The SMILES string of the molecule is CCOC(=O)N1CCc2c(sc(NC(=O)CN3C(=O)c4ccccc4C3=O)c2-c2nc3ccccc3s2)C1. The fourth-order valence-corrected chi connectivity index (χ4v) is 7.15. The Kier molecular flexibility index (Phi) is 6.16. The molecule has 0 unspecified atom stereocenters. The van der Waals surface area contributed by atoms with Crippen molar-refractivity contribution < 1.29 is 23.9 Å². The highest BCUT2D eigenvalue weighted by Gasteiger charge is 2.37. The summed E-state index contributed by atoms with van der Waals surface area (Å²) in [6.07, 6.45) is 0.216. The van der Waals surface area contributed by atoms with Crippen LogP contribution in [-0.2, 0) is 22.5 Å². The van der Waals surface area contributed by atoms with Crippen molar-refractivity contribution in [3.05, 3.63) is 70.1 Å². The molecule has 0 spiro atoms. The number of thiophene rings is 1. The third-order valence-electron chi connectivity index (χ3n) is 6.52. The van der Waals surface area contributed by atoms with Crippen molar-refractivity contribution >= 4 is 61.7 Å². The molecule has 6 rings (SSSR count). The number of aromatic nitrogens is 1. The average Bonchev–Trinajstić information content (AvgIpc) is 3.57. The minimum atomic E-state index is -0.484. The molecule has 4 amide bonds. The van der Waals surface area contributed by atoms with Gasteiger partial charge in [-0.05, 0) is 43.2 Å². The Labute approximate surface area is 225 Å². The van der Waals surface area contributed by atoms with Crippen LogP contribution in [0.2, 0.25) is 0 Å². The van der Waals surface area contributed by atoms with Crippen molar-refractivity contribution in [3.8, 4) is 10.6 Å². The monoisotopic (exact) mass is 546 g/mol. The molecule has 0 bridgehead atoms. The summed E-state index contributed by atoms with van der Waals surface area (Å²) in [5.74, 6) is -1.45. The zero-order valence-corrected chi connectivity index (χ0v) is 22.0. The lowest BCUT2D eigenvalue weighted by Crippen LogP contribution is -2.37. The molecule has 0 radical (unpaired) electrons. The summed E-state index contributed by atoms with van der Waals surface area (Å²) in [6, 6.07) is 14.4. The summed E-state index contributed by atoms with van der Waals surface area (Å²) in [4.78, 5) is 59.5. The van der Waals surface area contributed by atoms with E-state index in [1.54, 1.807) is 36.1 Å². The normalized spacial score (nSPS) is 14.6. The third-order valence-corrected chi connectivity index (χ3v) is 8.71. The van der Waals surface area contributed by atoms with E-state index in [0.29, 0.717) is 42.2 Å². The van der Waals surface area contributed by atoms with Crippen LogP contribution in [-0.4, -0.2) is 58.3 Å². The Morgan fingerprint density at radius 2 is 1.74 bits per heavy atom. The molecular weight excluding hydrogens is 524 g/mol. The molecule has 192 valence electrons. The summed E-state index contributed by atoms with van der Waals surface area (Å²) in [6.45, 7) is 2.52. The first-order chi connectivity index (χ1) is 18.4. The van der Waals surface area contributed by atoms with Crippen LogP contribution in [0.15, 0.2) is 48.5 Å². The molecule has 9 nitrogen and oxygen atoms in total. The first-order valence-corrected chi connectivity index (χ1v) is 13.7. The topological polar surface area (TPSA) is 109 Å². The molecular formula is C27H22N4O5S2. The highest BCUT2D eigenvalue weighted by Crippen LogP contribution is 2.45. The van der Waals surface area contributed by atoms with Gasteiger partial charge in [0.25, 0.3) is 11.8 Å². The minimum Gasteiger partial charge on any atom is -0.450 e. The predicted molar refractivity (Wildman–Crippen MR) is 145 cm³/mol. The van der Waals surface area contributed by atoms with Gasteiger partial charge in [-0.25, -0.2) is 9.78 Å². The molecule has 0 atom stereocenters. The van der Waals surface area contributed by atoms with Crippen molar-refractivity contribution in [3.63, 3.8) is 0 Å². The zero-order valence-electron chi connectivity index (χ0n) is 20.4. The lowest BCUT2D eigenvalue weighted by Gasteiger charge is -2.26. The van der Waals surface area contributed by atoms with Gasteiger partial charge >= 0.3 is 6.09 Å². The number of carbonyl (C=O) groups is 4. The maximum atomic E-state index is 13.2. The maximum Gasteiger partial charge on any atom is 0.410 e. The summed E-state index contributed by atoms with van der Waals surface area (Å²) in [5, 5.41) is 4.29. The number of rotatable bonds is 5. The van der Waals surface area contributed by atoms with E-state index in [1.807, 2.05) is 24.3 Å². The molecule has 4 aromatic rings. The first-order valence-electron chi connectivity index (χ1n) is 12.1. The van der Waals surface area contributed by atoms with E-state index in [0.717, 1.165) is 36.1 Å². The maximum absolute atomic E-state index is 13.2. The second-order valence-electron chi connectivity index (χ2n) is 8.86. The van der Waals surface area contributed by atoms with Gasteiger partial charge in [-0.1, -0.05) is 24.3 Å². The van der Waals surface area contributed by atoms with E-state index in [4.69, 9.17) is 9.72 Å². The molecule has 0 aliphatic carbocycles. The van der Waals surface area contributed by atoms with Crippen LogP contribution in [0.1, 0.15) is 38.1 Å². The van der Waals surface area contributed by atoms with Gasteiger partial charge < -0.3 is 15.0 Å². The molecule has 4 heterocycles. The van der Waals surface area contributed by atoms with Crippen molar-refractivity contribution in [2.75, 3.05) is 25.0 Å². The standard InChI is InChI=1S/C27H22N4O5S2/c1-2-36-27(35)30-12-11-17-20(13-30)38-24(22(17)23-28-18-9-5-6-10-19(18)37-23)29-21(32)14-31-25(33)15-7-3-4-8-16(15)26(31)34/h3-10H,2,11-14H2,1H3,(H,29,32). The number of amides is 4. The van der Waals surface area contributed by atoms with Gasteiger partial charge in [-0.3, -0.25) is 19.3 Å².